The molecule has 5 heteroatoms. The summed E-state index contributed by atoms with van der Waals surface area (Å²) in [6.45, 7) is 15.7. The molecule has 26 heavy (non-hydrogen) atoms. The van der Waals surface area contributed by atoms with Gasteiger partial charge in [0.2, 0.25) is 0 Å². The molecule has 0 aromatic heterocycles. The summed E-state index contributed by atoms with van der Waals surface area (Å²) >= 11 is 0. The molecule has 0 saturated carbocycles. The maximum Gasteiger partial charge on any atom is 0.193 e. The van der Waals surface area contributed by atoms with Crippen molar-refractivity contribution in [2.45, 2.75) is 27.3 Å². The molecule has 5 nitrogen and oxygen atoms in total. The van der Waals surface area contributed by atoms with Gasteiger partial charge in [-0.1, -0.05) is 43.7 Å². The van der Waals surface area contributed by atoms with Crippen LogP contribution in [0.15, 0.2) is 29.3 Å². The highest BCUT2D eigenvalue weighted by atomic mass is 15.3. The van der Waals surface area contributed by atoms with Crippen molar-refractivity contribution in [2.24, 2.45) is 10.9 Å². The molecule has 0 bridgehead atoms. The number of hydrogen-bond donors (Lipinski definition) is 1. The van der Waals surface area contributed by atoms with E-state index in [0.717, 1.165) is 25.6 Å². The van der Waals surface area contributed by atoms with Crippen molar-refractivity contribution in [1.29, 1.82) is 0 Å². The van der Waals surface area contributed by atoms with Gasteiger partial charge in [-0.25, -0.2) is 0 Å². The number of piperazine rings is 1. The summed E-state index contributed by atoms with van der Waals surface area (Å²) in [6, 6.07) is 8.72. The Hall–Kier alpha value is -1.59. The number of nitrogens with one attached hydrogen (secondary N) is 1. The fourth-order valence-corrected chi connectivity index (χ4v) is 3.49. The highest BCUT2D eigenvalue weighted by Crippen LogP contribution is 2.07. The van der Waals surface area contributed by atoms with Crippen molar-refractivity contribution < 1.29 is 0 Å². The molecule has 1 N–H and O–H groups in total. The second-order valence-electron chi connectivity index (χ2n) is 7.61. The van der Waals surface area contributed by atoms with Gasteiger partial charge in [0, 0.05) is 59.9 Å². The van der Waals surface area contributed by atoms with Gasteiger partial charge in [-0.15, -0.1) is 0 Å². The van der Waals surface area contributed by atoms with Gasteiger partial charge in [-0.2, -0.15) is 0 Å². The second kappa shape index (κ2) is 10.5. The lowest BCUT2D eigenvalue weighted by atomic mass is 10.1. The lowest BCUT2D eigenvalue weighted by molar-refractivity contribution is 0.124. The topological polar surface area (TPSA) is 34.1 Å². The Balaban J connectivity index is 1.74. The van der Waals surface area contributed by atoms with Crippen LogP contribution < -0.4 is 5.32 Å². The fraction of sp³-hybridized carbons (Fsp3) is 0.667. The number of likely N-dealkylation sites (N-methyl/N-ethyl adjacent to an activating group) is 1. The average Bonchev–Trinajstić information content (AvgIpc) is 2.64. The van der Waals surface area contributed by atoms with E-state index >= 15 is 0 Å². The van der Waals surface area contributed by atoms with Crippen LogP contribution in [0.5, 0.6) is 0 Å². The lowest BCUT2D eigenvalue weighted by Crippen LogP contribution is -2.48. The number of benzene rings is 1. The van der Waals surface area contributed by atoms with Crippen molar-refractivity contribution in [1.82, 2.24) is 20.0 Å². The smallest absolute Gasteiger partial charge is 0.193 e. The number of aliphatic imine (C=N–C) groups is 1. The maximum absolute atomic E-state index is 4.45. The summed E-state index contributed by atoms with van der Waals surface area (Å²) in [5, 5.41) is 3.55. The molecule has 1 aromatic carbocycles. The predicted molar refractivity (Wildman–Crippen MR) is 112 cm³/mol. The highest BCUT2D eigenvalue weighted by Gasteiger charge is 2.17. The number of hydrogen-bond acceptors (Lipinski definition) is 3. The second-order valence-corrected chi connectivity index (χ2v) is 7.61. The van der Waals surface area contributed by atoms with Crippen LogP contribution in [0, 0.1) is 12.8 Å². The minimum absolute atomic E-state index is 0.604. The highest BCUT2D eigenvalue weighted by molar-refractivity contribution is 5.79. The summed E-state index contributed by atoms with van der Waals surface area (Å²) in [6.07, 6.45) is 0. The summed E-state index contributed by atoms with van der Waals surface area (Å²) in [7, 11) is 3.96. The first-order valence-electron chi connectivity index (χ1n) is 9.93. The van der Waals surface area contributed by atoms with Crippen LogP contribution in [-0.4, -0.2) is 80.6 Å². The SMILES string of the molecule is CCN1CCN(CC(C)CNC(=NC)N(C)Cc2ccc(C)cc2)CC1. The molecule has 2 rings (SSSR count). The first-order chi connectivity index (χ1) is 12.5. The molecule has 1 unspecified atom stereocenters. The Morgan fingerprint density at radius 2 is 1.77 bits per heavy atom. The first-order valence-corrected chi connectivity index (χ1v) is 9.93. The lowest BCUT2D eigenvalue weighted by Gasteiger charge is -2.35. The van der Waals surface area contributed by atoms with Crippen molar-refractivity contribution in [3.8, 4) is 0 Å². The molecule has 1 aliphatic heterocycles. The molecule has 1 atom stereocenters. The zero-order valence-corrected chi connectivity index (χ0v) is 17.3. The summed E-state index contributed by atoms with van der Waals surface area (Å²) in [5.41, 5.74) is 2.61. The Bertz CT molecular complexity index is 546. The quantitative estimate of drug-likeness (QED) is 0.598. The Morgan fingerprint density at radius 3 is 2.35 bits per heavy atom. The number of guanidine groups is 1. The van der Waals surface area contributed by atoms with E-state index in [0.29, 0.717) is 5.92 Å². The van der Waals surface area contributed by atoms with Crippen LogP contribution in [0.25, 0.3) is 0 Å². The van der Waals surface area contributed by atoms with Crippen LogP contribution in [-0.2, 0) is 6.54 Å². The third-order valence-corrected chi connectivity index (χ3v) is 5.20. The number of rotatable bonds is 7. The van der Waals surface area contributed by atoms with Gasteiger partial charge in [0.25, 0.3) is 0 Å². The van der Waals surface area contributed by atoms with Crippen molar-refractivity contribution >= 4 is 5.96 Å². The third-order valence-electron chi connectivity index (χ3n) is 5.20. The van der Waals surface area contributed by atoms with Gasteiger partial charge in [0.15, 0.2) is 5.96 Å². The molecular weight excluding hydrogens is 322 g/mol. The summed E-state index contributed by atoms with van der Waals surface area (Å²) in [4.78, 5) is 11.8. The number of nitrogens with zero attached hydrogens (tertiary/aromatic N) is 4. The van der Waals surface area contributed by atoms with Crippen LogP contribution >= 0.6 is 0 Å². The molecule has 0 spiro atoms. The van der Waals surface area contributed by atoms with E-state index in [-0.39, 0.29) is 0 Å². The van der Waals surface area contributed by atoms with Crippen molar-refractivity contribution in [3.05, 3.63) is 35.4 Å². The summed E-state index contributed by atoms with van der Waals surface area (Å²) in [5.74, 6) is 1.57. The van der Waals surface area contributed by atoms with E-state index in [9.17, 15) is 0 Å². The van der Waals surface area contributed by atoms with Gasteiger partial charge in [0.05, 0.1) is 0 Å². The Kier molecular flexibility index (Phi) is 8.39. The number of aryl methyl sites for hydroxylation is 1. The minimum Gasteiger partial charge on any atom is -0.356 e. The molecule has 1 aliphatic rings. The molecule has 0 radical (unpaired) electrons. The maximum atomic E-state index is 4.45. The van der Waals surface area contributed by atoms with E-state index < -0.39 is 0 Å². The van der Waals surface area contributed by atoms with Crippen LogP contribution in [0.4, 0.5) is 0 Å². The van der Waals surface area contributed by atoms with Gasteiger partial charge in [-0.3, -0.25) is 4.99 Å². The molecule has 1 fully saturated rings. The van der Waals surface area contributed by atoms with Gasteiger partial charge >= 0.3 is 0 Å². The summed E-state index contributed by atoms with van der Waals surface area (Å²) < 4.78 is 0. The van der Waals surface area contributed by atoms with Crippen LogP contribution in [0.1, 0.15) is 25.0 Å². The van der Waals surface area contributed by atoms with Gasteiger partial charge in [-0.05, 0) is 24.9 Å². The zero-order chi connectivity index (χ0) is 18.9. The molecule has 146 valence electrons. The van der Waals surface area contributed by atoms with Crippen molar-refractivity contribution in [2.75, 3.05) is 59.9 Å². The van der Waals surface area contributed by atoms with Crippen molar-refractivity contribution in [3.63, 3.8) is 0 Å². The third kappa shape index (κ3) is 6.61. The molecule has 0 aliphatic carbocycles. The molecule has 1 heterocycles. The van der Waals surface area contributed by atoms with E-state index in [1.807, 2.05) is 7.05 Å². The minimum atomic E-state index is 0.604. The van der Waals surface area contributed by atoms with E-state index in [1.54, 1.807) is 0 Å². The Labute approximate surface area is 160 Å². The monoisotopic (exact) mass is 359 g/mol. The Morgan fingerprint density at radius 1 is 1.15 bits per heavy atom. The standard InChI is InChI=1S/C21H37N5/c1-6-25-11-13-26(14-12-25)16-19(3)15-23-21(22-4)24(5)17-20-9-7-18(2)8-10-20/h7-10,19H,6,11-17H2,1-5H3,(H,22,23). The normalized spacial score (nSPS) is 18.0. The predicted octanol–water partition coefficient (Wildman–Crippen LogP) is 2.28. The average molecular weight is 360 g/mol. The van der Waals surface area contributed by atoms with Crippen LogP contribution in [0.3, 0.4) is 0 Å². The zero-order valence-electron chi connectivity index (χ0n) is 17.3. The van der Waals surface area contributed by atoms with E-state index in [4.69, 9.17) is 0 Å². The van der Waals surface area contributed by atoms with Crippen LogP contribution in [0.2, 0.25) is 0 Å². The molecule has 0 amide bonds. The first kappa shape index (κ1) is 20.7. The molecule has 1 aromatic rings. The van der Waals surface area contributed by atoms with E-state index in [2.05, 4.69) is 77.1 Å². The molecule has 1 saturated heterocycles. The largest absolute Gasteiger partial charge is 0.356 e. The fourth-order valence-electron chi connectivity index (χ4n) is 3.49. The van der Waals surface area contributed by atoms with Gasteiger partial charge in [0.1, 0.15) is 0 Å². The van der Waals surface area contributed by atoms with E-state index in [1.165, 1.54) is 43.9 Å². The van der Waals surface area contributed by atoms with Gasteiger partial charge < -0.3 is 20.0 Å². The molecular formula is C21H37N5.